The zero-order chi connectivity index (χ0) is 17.1. The molecule has 22 heavy (non-hydrogen) atoms. The number of carboxylic acid groups (broad SMARTS) is 1. The molecule has 0 aliphatic rings. The fourth-order valence-electron chi connectivity index (χ4n) is 1.64. The Bertz CT molecular complexity index is 562. The first kappa shape index (κ1) is 19.3. The molecule has 122 valence electrons. The molecule has 0 fully saturated rings. The van der Waals surface area contributed by atoms with Gasteiger partial charge in [0.25, 0.3) is 0 Å². The summed E-state index contributed by atoms with van der Waals surface area (Å²) in [5.74, 6) is -1.12. The molecule has 1 rings (SSSR count). The van der Waals surface area contributed by atoms with Crippen molar-refractivity contribution >= 4 is 62.9 Å². The number of carbonyl (C=O) groups is 2. The van der Waals surface area contributed by atoms with Crippen LogP contribution in [0.3, 0.4) is 0 Å². The number of anilines is 1. The smallest absolute Gasteiger partial charge is 0.408 e. The number of nitrogens with two attached hydrogens (primary N) is 1. The van der Waals surface area contributed by atoms with E-state index in [0.29, 0.717) is 5.69 Å². The molecule has 4 N–H and O–H groups in total. The Balaban J connectivity index is 2.85. The number of nitrogens with one attached hydrogen (secondary N) is 1. The first-order valence-electron chi connectivity index (χ1n) is 6.45. The quantitative estimate of drug-likeness (QED) is 0.409. The van der Waals surface area contributed by atoms with Crippen LogP contribution < -0.4 is 11.1 Å². The summed E-state index contributed by atoms with van der Waals surface area (Å²) in [5.41, 5.74) is 6.64. The van der Waals surface area contributed by atoms with Crippen molar-refractivity contribution in [3.63, 3.8) is 0 Å². The highest BCUT2D eigenvalue weighted by Gasteiger charge is 2.24. The van der Waals surface area contributed by atoms with Crippen LogP contribution in [0.2, 0.25) is 0 Å². The summed E-state index contributed by atoms with van der Waals surface area (Å²) in [4.78, 5) is 23.1. The Hall–Kier alpha value is -0.780. The van der Waals surface area contributed by atoms with Gasteiger partial charge in [-0.05, 0) is 83.6 Å². The summed E-state index contributed by atoms with van der Waals surface area (Å²) < 4.78 is 6.78. The van der Waals surface area contributed by atoms with E-state index in [4.69, 9.17) is 10.5 Å². The van der Waals surface area contributed by atoms with Crippen LogP contribution in [0.4, 0.5) is 10.5 Å². The van der Waals surface area contributed by atoms with Crippen LogP contribution in [0.5, 0.6) is 0 Å². The maximum Gasteiger partial charge on any atom is 0.408 e. The van der Waals surface area contributed by atoms with E-state index >= 15 is 0 Å². The van der Waals surface area contributed by atoms with Gasteiger partial charge >= 0.3 is 12.1 Å². The number of rotatable bonds is 4. The molecule has 0 radical (unpaired) electrons. The number of benzene rings is 1. The SMILES string of the molecule is CC(C)(C)OC(=O)N[C@H](Cc1cc(I)c(N)c(I)c1)C(=O)O. The minimum atomic E-state index is -1.12. The van der Waals surface area contributed by atoms with Crippen molar-refractivity contribution in [1.29, 1.82) is 0 Å². The van der Waals surface area contributed by atoms with E-state index in [-0.39, 0.29) is 6.42 Å². The molecule has 0 aliphatic carbocycles. The summed E-state index contributed by atoms with van der Waals surface area (Å²) in [6.07, 6.45) is -0.597. The minimum absolute atomic E-state index is 0.154. The Morgan fingerprint density at radius 1 is 1.32 bits per heavy atom. The largest absolute Gasteiger partial charge is 0.480 e. The molecule has 1 aromatic carbocycles. The van der Waals surface area contributed by atoms with Gasteiger partial charge in [-0.25, -0.2) is 9.59 Å². The van der Waals surface area contributed by atoms with Gasteiger partial charge in [-0.1, -0.05) is 0 Å². The van der Waals surface area contributed by atoms with Crippen molar-refractivity contribution in [2.75, 3.05) is 5.73 Å². The lowest BCUT2D eigenvalue weighted by Gasteiger charge is -2.22. The number of aliphatic carboxylic acids is 1. The predicted octanol–water partition coefficient (Wildman–Crippen LogP) is 3.00. The van der Waals surface area contributed by atoms with Gasteiger partial charge in [-0.2, -0.15) is 0 Å². The standard InChI is InChI=1S/C14H18I2N2O4/c1-14(2,3)22-13(21)18-10(12(19)20)6-7-4-8(15)11(17)9(16)5-7/h4-5,10H,6,17H2,1-3H3,(H,18,21)(H,19,20)/t10-/m1/s1. The number of carboxylic acids is 1. The van der Waals surface area contributed by atoms with E-state index in [1.807, 2.05) is 12.1 Å². The van der Waals surface area contributed by atoms with Gasteiger partial charge in [-0.15, -0.1) is 0 Å². The molecular weight excluding hydrogens is 514 g/mol. The lowest BCUT2D eigenvalue weighted by atomic mass is 10.1. The average Bonchev–Trinajstić information content (AvgIpc) is 2.32. The summed E-state index contributed by atoms with van der Waals surface area (Å²) in [7, 11) is 0. The molecule has 0 aromatic heterocycles. The lowest BCUT2D eigenvalue weighted by molar-refractivity contribution is -0.139. The molecular formula is C14H18I2N2O4. The number of nitrogen functional groups attached to an aromatic ring is 1. The van der Waals surface area contributed by atoms with Gasteiger partial charge in [-0.3, -0.25) is 0 Å². The second kappa shape index (κ2) is 7.66. The molecule has 0 spiro atoms. The Labute approximate surface area is 156 Å². The minimum Gasteiger partial charge on any atom is -0.480 e. The molecule has 1 atom stereocenters. The van der Waals surface area contributed by atoms with Crippen LogP contribution in [0, 0.1) is 7.14 Å². The van der Waals surface area contributed by atoms with E-state index in [2.05, 4.69) is 50.5 Å². The average molecular weight is 532 g/mol. The summed E-state index contributed by atoms with van der Waals surface area (Å²) in [6.45, 7) is 5.15. The second-order valence-corrected chi connectivity index (χ2v) is 8.04. The fraction of sp³-hybridized carbons (Fsp3) is 0.429. The topological polar surface area (TPSA) is 102 Å². The lowest BCUT2D eigenvalue weighted by Crippen LogP contribution is -2.44. The van der Waals surface area contributed by atoms with Gasteiger partial charge in [0.05, 0.1) is 5.69 Å². The van der Waals surface area contributed by atoms with Crippen LogP contribution in [0.25, 0.3) is 0 Å². The Kier molecular flexibility index (Phi) is 6.71. The number of halogens is 2. The molecule has 0 saturated carbocycles. The molecule has 1 aromatic rings. The maximum absolute atomic E-state index is 11.7. The summed E-state index contributed by atoms with van der Waals surface area (Å²) >= 11 is 4.19. The number of alkyl carbamates (subject to hydrolysis) is 1. The van der Waals surface area contributed by atoms with Crippen molar-refractivity contribution in [2.24, 2.45) is 0 Å². The maximum atomic E-state index is 11.7. The van der Waals surface area contributed by atoms with E-state index in [9.17, 15) is 14.7 Å². The van der Waals surface area contributed by atoms with Gasteiger partial charge in [0, 0.05) is 13.6 Å². The van der Waals surface area contributed by atoms with E-state index in [0.717, 1.165) is 12.7 Å². The Morgan fingerprint density at radius 3 is 2.23 bits per heavy atom. The molecule has 0 aliphatic heterocycles. The number of ether oxygens (including phenoxy) is 1. The van der Waals surface area contributed by atoms with Crippen LogP contribution in [-0.2, 0) is 16.0 Å². The molecule has 8 heteroatoms. The van der Waals surface area contributed by atoms with Crippen LogP contribution in [0.1, 0.15) is 26.3 Å². The predicted molar refractivity (Wildman–Crippen MR) is 101 cm³/mol. The molecule has 0 unspecified atom stereocenters. The van der Waals surface area contributed by atoms with Gasteiger partial charge in [0.1, 0.15) is 11.6 Å². The number of amides is 1. The summed E-state index contributed by atoms with van der Waals surface area (Å²) in [5, 5.41) is 11.7. The third-order valence-corrected chi connectivity index (χ3v) is 4.35. The number of carbonyl (C=O) groups excluding carboxylic acids is 1. The van der Waals surface area contributed by atoms with Crippen LogP contribution in [0.15, 0.2) is 12.1 Å². The first-order valence-corrected chi connectivity index (χ1v) is 8.61. The van der Waals surface area contributed by atoms with Crippen LogP contribution >= 0.6 is 45.2 Å². The van der Waals surface area contributed by atoms with E-state index in [1.54, 1.807) is 20.8 Å². The first-order chi connectivity index (χ1) is 9.99. The molecule has 0 bridgehead atoms. The number of hydrogen-bond acceptors (Lipinski definition) is 4. The zero-order valence-corrected chi connectivity index (χ0v) is 16.8. The third kappa shape index (κ3) is 6.15. The van der Waals surface area contributed by atoms with Crippen molar-refractivity contribution in [2.45, 2.75) is 38.8 Å². The number of hydrogen-bond donors (Lipinski definition) is 3. The molecule has 0 heterocycles. The zero-order valence-electron chi connectivity index (χ0n) is 12.4. The van der Waals surface area contributed by atoms with Crippen molar-refractivity contribution < 1.29 is 19.4 Å². The van der Waals surface area contributed by atoms with E-state index in [1.165, 1.54) is 0 Å². The molecule has 1 amide bonds. The second-order valence-electron chi connectivity index (χ2n) is 5.71. The van der Waals surface area contributed by atoms with Crippen molar-refractivity contribution in [3.05, 3.63) is 24.8 Å². The highest BCUT2D eigenvalue weighted by Crippen LogP contribution is 2.24. The van der Waals surface area contributed by atoms with Crippen molar-refractivity contribution in [1.82, 2.24) is 5.32 Å². The van der Waals surface area contributed by atoms with Gasteiger partial charge in [0.15, 0.2) is 0 Å². The molecule has 0 saturated heterocycles. The van der Waals surface area contributed by atoms with E-state index < -0.39 is 23.7 Å². The third-order valence-electron chi connectivity index (χ3n) is 2.57. The highest BCUT2D eigenvalue weighted by atomic mass is 127. The Morgan fingerprint density at radius 2 is 1.82 bits per heavy atom. The van der Waals surface area contributed by atoms with Crippen LogP contribution in [-0.4, -0.2) is 28.8 Å². The monoisotopic (exact) mass is 532 g/mol. The van der Waals surface area contributed by atoms with Gasteiger partial charge in [0.2, 0.25) is 0 Å². The van der Waals surface area contributed by atoms with Crippen molar-refractivity contribution in [3.8, 4) is 0 Å². The molecule has 6 nitrogen and oxygen atoms in total. The highest BCUT2D eigenvalue weighted by molar-refractivity contribution is 14.1. The van der Waals surface area contributed by atoms with Gasteiger partial charge < -0.3 is 20.9 Å². The normalized spacial score (nSPS) is 12.6. The fourth-order valence-corrected chi connectivity index (χ4v) is 3.54. The summed E-state index contributed by atoms with van der Waals surface area (Å²) in [6, 6.07) is 2.56.